The number of anilines is 1. The predicted octanol–water partition coefficient (Wildman–Crippen LogP) is 3.56. The molecule has 1 aliphatic carbocycles. The van der Waals surface area contributed by atoms with Gasteiger partial charge in [-0.3, -0.25) is 0 Å². The lowest BCUT2D eigenvalue weighted by atomic mass is 9.79. The van der Waals surface area contributed by atoms with Crippen molar-refractivity contribution >= 4 is 17.3 Å². The first-order valence-corrected chi connectivity index (χ1v) is 8.47. The van der Waals surface area contributed by atoms with Crippen LogP contribution in [-0.4, -0.2) is 26.1 Å². The van der Waals surface area contributed by atoms with Gasteiger partial charge in [0.15, 0.2) is 5.82 Å². The van der Waals surface area contributed by atoms with E-state index >= 15 is 0 Å². The van der Waals surface area contributed by atoms with E-state index in [9.17, 15) is 10.1 Å². The van der Waals surface area contributed by atoms with E-state index in [0.29, 0.717) is 11.5 Å². The second-order valence-electron chi connectivity index (χ2n) is 6.57. The van der Waals surface area contributed by atoms with Gasteiger partial charge in [0.2, 0.25) is 5.65 Å². The molecule has 0 radical (unpaired) electrons. The van der Waals surface area contributed by atoms with Crippen LogP contribution in [-0.2, 0) is 5.41 Å². The molecule has 0 atom stereocenters. The minimum absolute atomic E-state index is 0.0960. The number of hydrogen-bond acceptors (Lipinski definition) is 5. The van der Waals surface area contributed by atoms with Crippen LogP contribution in [0.25, 0.3) is 5.65 Å². The van der Waals surface area contributed by atoms with E-state index in [1.165, 1.54) is 29.1 Å². The first-order chi connectivity index (χ1) is 12.2. The highest BCUT2D eigenvalue weighted by atomic mass is 16.6. The molecule has 7 heteroatoms. The summed E-state index contributed by atoms with van der Waals surface area (Å²) in [5, 5.41) is 18.8. The quantitative estimate of drug-likeness (QED) is 0.568. The van der Waals surface area contributed by atoms with Crippen molar-refractivity contribution in [2.75, 3.05) is 11.9 Å². The number of rotatable bonds is 5. The van der Waals surface area contributed by atoms with Crippen LogP contribution >= 0.6 is 0 Å². The molecule has 0 aliphatic heterocycles. The van der Waals surface area contributed by atoms with Gasteiger partial charge in [0.1, 0.15) is 6.20 Å². The lowest BCUT2D eigenvalue weighted by molar-refractivity contribution is -0.391. The van der Waals surface area contributed by atoms with Crippen LogP contribution in [0.1, 0.15) is 31.2 Å². The molecular formula is C18H19N5O2. The summed E-state index contributed by atoms with van der Waals surface area (Å²) < 4.78 is 1.27. The molecular weight excluding hydrogens is 318 g/mol. The van der Waals surface area contributed by atoms with E-state index in [-0.39, 0.29) is 11.2 Å². The summed E-state index contributed by atoms with van der Waals surface area (Å²) in [5.41, 5.74) is 1.91. The van der Waals surface area contributed by atoms with Crippen molar-refractivity contribution in [2.24, 2.45) is 0 Å². The molecule has 0 saturated heterocycles. The fourth-order valence-electron chi connectivity index (χ4n) is 3.75. The van der Waals surface area contributed by atoms with Crippen LogP contribution < -0.4 is 5.32 Å². The Hall–Kier alpha value is -2.96. The molecule has 25 heavy (non-hydrogen) atoms. The molecule has 2 heterocycles. The highest BCUT2D eigenvalue weighted by Crippen LogP contribution is 2.41. The number of nitrogens with zero attached hydrogens (tertiary/aromatic N) is 4. The molecule has 0 unspecified atom stereocenters. The van der Waals surface area contributed by atoms with Crippen molar-refractivity contribution in [1.29, 1.82) is 0 Å². The zero-order chi connectivity index (χ0) is 17.3. The first-order valence-electron chi connectivity index (χ1n) is 8.47. The standard InChI is InChI=1S/C18H19N5O2/c24-23(25)17-12-19-16-9-8-15(21-22(16)17)20-13-18(10-4-5-11-18)14-6-2-1-3-7-14/h1-3,6-9,12H,4-5,10-11,13H2,(H,20,21). The van der Waals surface area contributed by atoms with E-state index in [1.54, 1.807) is 6.07 Å². The molecule has 2 aromatic heterocycles. The van der Waals surface area contributed by atoms with Gasteiger partial charge in [-0.1, -0.05) is 52.8 Å². The molecule has 128 valence electrons. The molecule has 1 aromatic carbocycles. The van der Waals surface area contributed by atoms with Gasteiger partial charge in [0.05, 0.1) is 0 Å². The normalized spacial score (nSPS) is 16.2. The molecule has 0 bridgehead atoms. The van der Waals surface area contributed by atoms with Crippen molar-refractivity contribution in [2.45, 2.75) is 31.1 Å². The minimum Gasteiger partial charge on any atom is -0.366 e. The van der Waals surface area contributed by atoms with Gasteiger partial charge in [-0.2, -0.15) is 0 Å². The minimum atomic E-state index is -0.473. The van der Waals surface area contributed by atoms with E-state index in [4.69, 9.17) is 0 Å². The molecule has 0 amide bonds. The van der Waals surface area contributed by atoms with Gasteiger partial charge in [-0.15, -0.1) is 0 Å². The van der Waals surface area contributed by atoms with Crippen LogP contribution in [0, 0.1) is 10.1 Å². The first kappa shape index (κ1) is 15.6. The maximum absolute atomic E-state index is 11.1. The van der Waals surface area contributed by atoms with Crippen LogP contribution in [0.15, 0.2) is 48.7 Å². The molecule has 1 aliphatic rings. The third-order valence-electron chi connectivity index (χ3n) is 5.09. The smallest absolute Gasteiger partial charge is 0.366 e. The Morgan fingerprint density at radius 2 is 1.92 bits per heavy atom. The SMILES string of the molecule is O=[N+]([O-])c1cnc2ccc(NCC3(c4ccccc4)CCCC3)nn12. The molecule has 4 rings (SSSR count). The van der Waals surface area contributed by atoms with Gasteiger partial charge in [-0.25, -0.2) is 4.98 Å². The van der Waals surface area contributed by atoms with E-state index in [2.05, 4.69) is 39.7 Å². The Balaban J connectivity index is 1.60. The number of nitro groups is 1. The van der Waals surface area contributed by atoms with Crippen molar-refractivity contribution in [3.05, 3.63) is 64.3 Å². The topological polar surface area (TPSA) is 85.4 Å². The molecule has 1 fully saturated rings. The fraction of sp³-hybridized carbons (Fsp3) is 0.333. The highest BCUT2D eigenvalue weighted by molar-refractivity contribution is 5.48. The maximum Gasteiger partial charge on any atom is 0.368 e. The molecule has 1 N–H and O–H groups in total. The zero-order valence-electron chi connectivity index (χ0n) is 13.8. The van der Waals surface area contributed by atoms with E-state index in [1.807, 2.05) is 12.1 Å². The fourth-order valence-corrected chi connectivity index (χ4v) is 3.75. The largest absolute Gasteiger partial charge is 0.368 e. The molecule has 1 saturated carbocycles. The lowest BCUT2D eigenvalue weighted by Gasteiger charge is -2.30. The number of benzene rings is 1. The number of hydrogen-bond donors (Lipinski definition) is 1. The maximum atomic E-state index is 11.1. The number of imidazole rings is 1. The summed E-state index contributed by atoms with van der Waals surface area (Å²) in [6.07, 6.45) is 5.94. The Kier molecular flexibility index (Phi) is 3.83. The summed E-state index contributed by atoms with van der Waals surface area (Å²) in [5.74, 6) is 0.494. The third kappa shape index (κ3) is 2.82. The Labute approximate surface area is 144 Å². The Morgan fingerprint density at radius 1 is 1.16 bits per heavy atom. The van der Waals surface area contributed by atoms with Gasteiger partial charge in [-0.05, 0) is 29.4 Å². The van der Waals surface area contributed by atoms with Gasteiger partial charge in [0.25, 0.3) is 0 Å². The molecule has 0 spiro atoms. The van der Waals surface area contributed by atoms with Crippen LogP contribution in [0.3, 0.4) is 0 Å². The number of aromatic nitrogens is 3. The van der Waals surface area contributed by atoms with E-state index < -0.39 is 4.92 Å². The average Bonchev–Trinajstić information content (AvgIpc) is 3.28. The summed E-state index contributed by atoms with van der Waals surface area (Å²) in [7, 11) is 0. The van der Waals surface area contributed by atoms with Crippen LogP contribution in [0.2, 0.25) is 0 Å². The molecule has 7 nitrogen and oxygen atoms in total. The summed E-state index contributed by atoms with van der Waals surface area (Å²) in [6, 6.07) is 14.1. The second kappa shape index (κ2) is 6.16. The van der Waals surface area contributed by atoms with Crippen molar-refractivity contribution in [1.82, 2.24) is 14.6 Å². The summed E-state index contributed by atoms with van der Waals surface area (Å²) in [4.78, 5) is 14.6. The second-order valence-corrected chi connectivity index (χ2v) is 6.57. The van der Waals surface area contributed by atoms with Crippen LogP contribution in [0.5, 0.6) is 0 Å². The van der Waals surface area contributed by atoms with Gasteiger partial charge >= 0.3 is 5.82 Å². The monoisotopic (exact) mass is 337 g/mol. The third-order valence-corrected chi connectivity index (χ3v) is 5.09. The molecule has 3 aromatic rings. The predicted molar refractivity (Wildman–Crippen MR) is 94.7 cm³/mol. The van der Waals surface area contributed by atoms with Crippen molar-refractivity contribution in [3.63, 3.8) is 0 Å². The Morgan fingerprint density at radius 3 is 2.64 bits per heavy atom. The number of nitrogens with one attached hydrogen (secondary N) is 1. The highest BCUT2D eigenvalue weighted by Gasteiger charge is 2.35. The summed E-state index contributed by atoms with van der Waals surface area (Å²) in [6.45, 7) is 0.762. The van der Waals surface area contributed by atoms with Gasteiger partial charge < -0.3 is 15.4 Å². The Bertz CT molecular complexity index is 900. The van der Waals surface area contributed by atoms with E-state index in [0.717, 1.165) is 19.4 Å². The average molecular weight is 337 g/mol. The lowest BCUT2D eigenvalue weighted by Crippen LogP contribution is -2.31. The van der Waals surface area contributed by atoms with Crippen LogP contribution in [0.4, 0.5) is 11.6 Å². The zero-order valence-corrected chi connectivity index (χ0v) is 13.8. The van der Waals surface area contributed by atoms with Crippen molar-refractivity contribution < 1.29 is 4.92 Å². The number of fused-ring (bicyclic) bond motifs is 1. The van der Waals surface area contributed by atoms with Crippen molar-refractivity contribution in [3.8, 4) is 0 Å². The van der Waals surface area contributed by atoms with Gasteiger partial charge in [0, 0.05) is 18.0 Å². The summed E-state index contributed by atoms with van der Waals surface area (Å²) >= 11 is 0.